The van der Waals surface area contributed by atoms with Crippen LogP contribution in [0, 0.1) is 18.7 Å². The molecule has 0 aliphatic carbocycles. The van der Waals surface area contributed by atoms with E-state index in [9.17, 15) is 22.8 Å². The summed E-state index contributed by atoms with van der Waals surface area (Å²) in [5, 5.41) is 7.45. The van der Waals surface area contributed by atoms with Gasteiger partial charge in [0.2, 0.25) is 0 Å². The second kappa shape index (κ2) is 9.65. The van der Waals surface area contributed by atoms with Crippen molar-refractivity contribution in [3.8, 4) is 0 Å². The van der Waals surface area contributed by atoms with Gasteiger partial charge in [-0.15, -0.1) is 0 Å². The number of ether oxygens (including phenoxy) is 1. The minimum absolute atomic E-state index is 0.0912. The molecule has 4 rings (SSSR count). The number of amides is 3. The van der Waals surface area contributed by atoms with Crippen LogP contribution in [0.15, 0.2) is 18.2 Å². The van der Waals surface area contributed by atoms with E-state index in [1.165, 1.54) is 12.1 Å². The minimum atomic E-state index is -2.55. The highest BCUT2D eigenvalue weighted by Gasteiger charge is 2.37. The third-order valence-electron chi connectivity index (χ3n) is 6.26. The fourth-order valence-electron chi connectivity index (χ4n) is 4.54. The monoisotopic (exact) mass is 479 g/mol. The third kappa shape index (κ3) is 4.89. The second-order valence-corrected chi connectivity index (χ2v) is 9.01. The van der Waals surface area contributed by atoms with E-state index in [1.54, 1.807) is 34.5 Å². The number of urea groups is 1. The Bertz CT molecular complexity index is 1090. The Balaban J connectivity index is 1.54. The van der Waals surface area contributed by atoms with Gasteiger partial charge >= 0.3 is 6.03 Å². The average Bonchev–Trinajstić information content (AvgIpc) is 3.05. The van der Waals surface area contributed by atoms with E-state index in [1.807, 2.05) is 6.92 Å². The summed E-state index contributed by atoms with van der Waals surface area (Å²) < 4.78 is 45.2. The zero-order valence-electron chi connectivity index (χ0n) is 19.4. The van der Waals surface area contributed by atoms with Gasteiger partial charge < -0.3 is 19.9 Å². The number of anilines is 1. The van der Waals surface area contributed by atoms with Crippen LogP contribution in [-0.4, -0.2) is 70.8 Å². The Morgan fingerprint density at radius 2 is 2.09 bits per heavy atom. The van der Waals surface area contributed by atoms with Gasteiger partial charge in [0, 0.05) is 49.8 Å². The van der Waals surface area contributed by atoms with Gasteiger partial charge in [0.1, 0.15) is 18.1 Å². The van der Waals surface area contributed by atoms with E-state index in [0.29, 0.717) is 42.0 Å². The maximum atomic E-state index is 13.6. The molecule has 8 nitrogen and oxygen atoms in total. The number of carbonyl (C=O) groups is 2. The number of halogens is 3. The SMILES string of the molecule is Cc1cc(NC(=O)N2Cc3c(nn4c3C(=O)N(C)CC(COCC(F)F)C4)CC2C)ccc1F. The van der Waals surface area contributed by atoms with Crippen molar-refractivity contribution in [1.82, 2.24) is 19.6 Å². The molecular weight excluding hydrogens is 451 g/mol. The van der Waals surface area contributed by atoms with E-state index in [4.69, 9.17) is 4.74 Å². The van der Waals surface area contributed by atoms with Crippen molar-refractivity contribution in [3.05, 3.63) is 46.5 Å². The molecule has 3 amide bonds. The van der Waals surface area contributed by atoms with Crippen LogP contribution >= 0.6 is 0 Å². The van der Waals surface area contributed by atoms with Crippen LogP contribution in [0.2, 0.25) is 0 Å². The van der Waals surface area contributed by atoms with Crippen LogP contribution in [0.1, 0.15) is 34.2 Å². The van der Waals surface area contributed by atoms with Crippen LogP contribution in [0.5, 0.6) is 0 Å². The number of rotatable bonds is 5. The molecule has 2 aliphatic rings. The number of alkyl halides is 2. The summed E-state index contributed by atoms with van der Waals surface area (Å²) in [7, 11) is 1.66. The van der Waals surface area contributed by atoms with Crippen LogP contribution in [-0.2, 0) is 24.2 Å². The van der Waals surface area contributed by atoms with Gasteiger partial charge in [-0.2, -0.15) is 5.10 Å². The van der Waals surface area contributed by atoms with Gasteiger partial charge in [-0.1, -0.05) is 0 Å². The summed E-state index contributed by atoms with van der Waals surface area (Å²) in [6.07, 6.45) is -2.08. The van der Waals surface area contributed by atoms with E-state index in [2.05, 4.69) is 10.4 Å². The zero-order chi connectivity index (χ0) is 24.6. The van der Waals surface area contributed by atoms with Crippen molar-refractivity contribution in [2.24, 2.45) is 5.92 Å². The van der Waals surface area contributed by atoms with Gasteiger partial charge in [-0.05, 0) is 37.6 Å². The molecule has 0 bridgehead atoms. The molecule has 0 fully saturated rings. The maximum Gasteiger partial charge on any atom is 0.322 e. The molecule has 0 saturated carbocycles. The molecule has 0 radical (unpaired) electrons. The summed E-state index contributed by atoms with van der Waals surface area (Å²) in [6, 6.07) is 3.84. The summed E-state index contributed by atoms with van der Waals surface area (Å²) >= 11 is 0. The molecule has 0 spiro atoms. The molecule has 184 valence electrons. The predicted molar refractivity (Wildman–Crippen MR) is 118 cm³/mol. The molecule has 11 heteroatoms. The number of carbonyl (C=O) groups excluding carboxylic acids is 2. The van der Waals surface area contributed by atoms with E-state index in [-0.39, 0.29) is 42.9 Å². The van der Waals surface area contributed by atoms with Crippen molar-refractivity contribution in [2.45, 2.75) is 45.8 Å². The lowest BCUT2D eigenvalue weighted by molar-refractivity contribution is -0.00113. The topological polar surface area (TPSA) is 79.7 Å². The Kier molecular flexibility index (Phi) is 6.83. The number of hydrogen-bond donors (Lipinski definition) is 1. The number of fused-ring (bicyclic) bond motifs is 3. The normalized spacial score (nSPS) is 20.3. The summed E-state index contributed by atoms with van der Waals surface area (Å²) in [5.41, 5.74) is 2.76. The first kappa shape index (κ1) is 24.1. The molecule has 2 unspecified atom stereocenters. The summed E-state index contributed by atoms with van der Waals surface area (Å²) in [5.74, 6) is -0.764. The number of hydrogen-bond acceptors (Lipinski definition) is 4. The fourth-order valence-corrected chi connectivity index (χ4v) is 4.54. The first-order valence-corrected chi connectivity index (χ1v) is 11.2. The van der Waals surface area contributed by atoms with Crippen molar-refractivity contribution in [2.75, 3.05) is 32.1 Å². The van der Waals surface area contributed by atoms with Gasteiger partial charge in [0.25, 0.3) is 12.3 Å². The largest absolute Gasteiger partial charge is 0.375 e. The second-order valence-electron chi connectivity index (χ2n) is 9.01. The third-order valence-corrected chi connectivity index (χ3v) is 6.26. The smallest absolute Gasteiger partial charge is 0.322 e. The van der Waals surface area contributed by atoms with Crippen LogP contribution < -0.4 is 5.32 Å². The number of aromatic nitrogens is 2. The van der Waals surface area contributed by atoms with Crippen molar-refractivity contribution < 1.29 is 27.5 Å². The molecule has 34 heavy (non-hydrogen) atoms. The number of aryl methyl sites for hydroxylation is 1. The molecule has 2 aliphatic heterocycles. The highest BCUT2D eigenvalue weighted by molar-refractivity contribution is 5.95. The standard InChI is InChI=1S/C23H28F3N5O3/c1-13-6-16(4-5-18(13)24)27-23(33)30-10-17-19(7-14(30)2)28-31-9-15(11-34-12-20(25)26)8-29(3)22(32)21(17)31/h4-6,14-15,20H,7-12H2,1-3H3,(H,27,33). The van der Waals surface area contributed by atoms with E-state index < -0.39 is 13.0 Å². The molecule has 2 atom stereocenters. The average molecular weight is 480 g/mol. The van der Waals surface area contributed by atoms with Crippen LogP contribution in [0.25, 0.3) is 0 Å². The van der Waals surface area contributed by atoms with Crippen molar-refractivity contribution in [1.29, 1.82) is 0 Å². The molecule has 1 N–H and O–H groups in total. The molecule has 0 saturated heterocycles. The summed E-state index contributed by atoms with van der Waals surface area (Å²) in [6.45, 7) is 3.88. The highest BCUT2D eigenvalue weighted by Crippen LogP contribution is 2.29. The molecule has 1 aromatic heterocycles. The molecule has 3 heterocycles. The van der Waals surface area contributed by atoms with Crippen molar-refractivity contribution in [3.63, 3.8) is 0 Å². The lowest BCUT2D eigenvalue weighted by Crippen LogP contribution is -2.45. The number of benzene rings is 1. The van der Waals surface area contributed by atoms with Crippen molar-refractivity contribution >= 4 is 17.6 Å². The van der Waals surface area contributed by atoms with Crippen LogP contribution in [0.3, 0.4) is 0 Å². The Labute approximate surface area is 195 Å². The maximum absolute atomic E-state index is 13.6. The lowest BCUT2D eigenvalue weighted by atomic mass is 9.99. The van der Waals surface area contributed by atoms with Crippen LogP contribution in [0.4, 0.5) is 23.7 Å². The first-order valence-electron chi connectivity index (χ1n) is 11.2. The van der Waals surface area contributed by atoms with E-state index >= 15 is 0 Å². The highest BCUT2D eigenvalue weighted by atomic mass is 19.3. The summed E-state index contributed by atoms with van der Waals surface area (Å²) in [4.78, 5) is 29.4. The van der Waals surface area contributed by atoms with Gasteiger partial charge in [0.05, 0.1) is 18.8 Å². The Morgan fingerprint density at radius 3 is 2.79 bits per heavy atom. The molecule has 2 aromatic rings. The fraction of sp³-hybridized carbons (Fsp3) is 0.522. The quantitative estimate of drug-likeness (QED) is 0.714. The predicted octanol–water partition coefficient (Wildman–Crippen LogP) is 3.29. The van der Waals surface area contributed by atoms with Gasteiger partial charge in [-0.3, -0.25) is 9.48 Å². The molecule has 1 aromatic carbocycles. The molecular formula is C23H28F3N5O3. The van der Waals surface area contributed by atoms with Gasteiger partial charge in [-0.25, -0.2) is 18.0 Å². The number of nitrogens with one attached hydrogen (secondary N) is 1. The van der Waals surface area contributed by atoms with Gasteiger partial charge in [0.15, 0.2) is 0 Å². The van der Waals surface area contributed by atoms with E-state index in [0.717, 1.165) is 5.69 Å². The Morgan fingerprint density at radius 1 is 1.32 bits per heavy atom. The minimum Gasteiger partial charge on any atom is -0.375 e. The first-order chi connectivity index (χ1) is 16.1. The Hall–Kier alpha value is -3.08. The lowest BCUT2D eigenvalue weighted by Gasteiger charge is -2.33. The zero-order valence-corrected chi connectivity index (χ0v) is 19.4. The number of nitrogens with zero attached hydrogens (tertiary/aromatic N) is 4.